The standard InChI is InChI=1S/C25H24N6O2S2/c1-26-13-24(32)31-9-3-4-19(31)25-27-12-17(28-25)21-11-23-22(35-21)10-20(34-23)16-7-5-15(6-8-16)18-14-30(2)33-29-18/h3-8,10-12,14,19,26,29H,9,13H2,1-2H3,(H,27,28). The van der Waals surface area contributed by atoms with Crippen LogP contribution in [0.25, 0.3) is 36.1 Å². The van der Waals surface area contributed by atoms with E-state index in [-0.39, 0.29) is 11.9 Å². The van der Waals surface area contributed by atoms with E-state index in [2.05, 4.69) is 57.2 Å². The predicted molar refractivity (Wildman–Crippen MR) is 140 cm³/mol. The number of amides is 1. The number of carbonyl (C=O) groups is 1. The molecule has 2 aliphatic rings. The summed E-state index contributed by atoms with van der Waals surface area (Å²) < 4.78 is 2.50. The van der Waals surface area contributed by atoms with E-state index in [9.17, 15) is 4.79 Å². The van der Waals surface area contributed by atoms with Crippen molar-refractivity contribution in [2.24, 2.45) is 0 Å². The minimum absolute atomic E-state index is 0.0644. The van der Waals surface area contributed by atoms with Crippen LogP contribution in [0.1, 0.15) is 17.4 Å². The third kappa shape index (κ3) is 4.14. The summed E-state index contributed by atoms with van der Waals surface area (Å²) in [4.78, 5) is 29.9. The van der Waals surface area contributed by atoms with Gasteiger partial charge >= 0.3 is 0 Å². The molecule has 3 N–H and O–H groups in total. The number of nitrogens with zero attached hydrogens (tertiary/aromatic N) is 3. The van der Waals surface area contributed by atoms with Gasteiger partial charge in [-0.05, 0) is 24.7 Å². The molecular weight excluding hydrogens is 480 g/mol. The Hall–Kier alpha value is -3.44. The Balaban J connectivity index is 1.21. The molecule has 0 bridgehead atoms. The fraction of sp³-hybridized carbons (Fsp3) is 0.200. The molecule has 35 heavy (non-hydrogen) atoms. The zero-order valence-electron chi connectivity index (χ0n) is 19.2. The minimum Gasteiger partial charge on any atom is -0.339 e. The molecule has 1 unspecified atom stereocenters. The molecule has 1 aromatic carbocycles. The molecule has 10 heteroatoms. The van der Waals surface area contributed by atoms with Gasteiger partial charge in [0.25, 0.3) is 0 Å². The van der Waals surface area contributed by atoms with Crippen molar-refractivity contribution in [3.05, 3.63) is 72.3 Å². The van der Waals surface area contributed by atoms with Gasteiger partial charge in [0.05, 0.1) is 35.2 Å². The molecule has 8 nitrogen and oxygen atoms in total. The molecule has 0 saturated heterocycles. The lowest BCUT2D eigenvalue weighted by Crippen LogP contribution is -2.37. The molecule has 6 rings (SSSR count). The molecule has 178 valence electrons. The number of nitrogens with one attached hydrogen (secondary N) is 3. The number of benzene rings is 1. The summed E-state index contributed by atoms with van der Waals surface area (Å²) in [6, 6.07) is 12.8. The van der Waals surface area contributed by atoms with Crippen molar-refractivity contribution in [2.45, 2.75) is 6.04 Å². The minimum atomic E-state index is -0.151. The zero-order valence-corrected chi connectivity index (χ0v) is 20.9. The molecule has 2 aliphatic heterocycles. The van der Waals surface area contributed by atoms with Gasteiger partial charge < -0.3 is 15.2 Å². The van der Waals surface area contributed by atoms with Gasteiger partial charge in [0.2, 0.25) is 5.91 Å². The van der Waals surface area contributed by atoms with Gasteiger partial charge in [-0.25, -0.2) is 15.5 Å². The van der Waals surface area contributed by atoms with Crippen LogP contribution in [0.3, 0.4) is 0 Å². The maximum atomic E-state index is 12.4. The van der Waals surface area contributed by atoms with E-state index in [1.165, 1.54) is 19.8 Å². The fourth-order valence-corrected chi connectivity index (χ4v) is 6.66. The van der Waals surface area contributed by atoms with Crippen molar-refractivity contribution in [3.63, 3.8) is 0 Å². The first-order valence-corrected chi connectivity index (χ1v) is 12.9. The monoisotopic (exact) mass is 504 g/mol. The van der Waals surface area contributed by atoms with Crippen LogP contribution in [0.15, 0.2) is 60.9 Å². The summed E-state index contributed by atoms with van der Waals surface area (Å²) in [5.74, 6) is 0.855. The summed E-state index contributed by atoms with van der Waals surface area (Å²) in [6.45, 7) is 0.928. The van der Waals surface area contributed by atoms with Crippen molar-refractivity contribution in [1.82, 2.24) is 30.7 Å². The van der Waals surface area contributed by atoms with Crippen LogP contribution in [0.2, 0.25) is 0 Å². The maximum absolute atomic E-state index is 12.4. The molecule has 0 aliphatic carbocycles. The van der Waals surface area contributed by atoms with E-state index in [4.69, 9.17) is 4.94 Å². The quantitative estimate of drug-likeness (QED) is 0.339. The summed E-state index contributed by atoms with van der Waals surface area (Å²) >= 11 is 3.54. The van der Waals surface area contributed by atoms with Crippen molar-refractivity contribution < 1.29 is 9.73 Å². The Morgan fingerprint density at radius 2 is 1.91 bits per heavy atom. The Bertz CT molecular complexity index is 1420. The number of thiophene rings is 2. The molecule has 1 atom stereocenters. The lowest BCUT2D eigenvalue weighted by Gasteiger charge is -2.23. The number of hydrogen-bond donors (Lipinski definition) is 3. The molecular formula is C25H24N6O2S2. The second-order valence-corrected chi connectivity index (χ2v) is 10.6. The lowest BCUT2D eigenvalue weighted by molar-refractivity contribution is -0.130. The highest BCUT2D eigenvalue weighted by Crippen LogP contribution is 2.41. The third-order valence-corrected chi connectivity index (χ3v) is 8.42. The average Bonchev–Trinajstić information content (AvgIpc) is 3.66. The topological polar surface area (TPSA) is 85.5 Å². The summed E-state index contributed by atoms with van der Waals surface area (Å²) in [5.41, 5.74) is 7.11. The first-order chi connectivity index (χ1) is 17.1. The van der Waals surface area contributed by atoms with Crippen molar-refractivity contribution >= 4 is 43.7 Å². The van der Waals surface area contributed by atoms with Gasteiger partial charge in [-0.2, -0.15) is 4.94 Å². The highest BCUT2D eigenvalue weighted by atomic mass is 32.1. The van der Waals surface area contributed by atoms with Crippen molar-refractivity contribution in [2.75, 3.05) is 27.2 Å². The smallest absolute Gasteiger partial charge is 0.237 e. The van der Waals surface area contributed by atoms with Crippen LogP contribution in [0.4, 0.5) is 0 Å². The molecule has 0 fully saturated rings. The first kappa shape index (κ1) is 22.1. The van der Waals surface area contributed by atoms with Gasteiger partial charge in [0, 0.05) is 33.4 Å². The number of H-pyrrole nitrogens is 1. The van der Waals surface area contributed by atoms with Crippen molar-refractivity contribution in [1.29, 1.82) is 0 Å². The number of imidazole rings is 1. The normalized spacial score (nSPS) is 17.4. The maximum Gasteiger partial charge on any atom is 0.237 e. The SMILES string of the molecule is CNCC(=O)N1CC=CC1c1ncc(-c2cc3sc(-c4ccc(C5=CN(C)ON5)cc4)cc3s2)[nH]1. The Morgan fingerprint density at radius 3 is 2.66 bits per heavy atom. The summed E-state index contributed by atoms with van der Waals surface area (Å²) in [5, 5.41) is 4.57. The van der Waals surface area contributed by atoms with E-state index >= 15 is 0 Å². The number of rotatable bonds is 6. The molecule has 0 radical (unpaired) electrons. The predicted octanol–water partition coefficient (Wildman–Crippen LogP) is 4.36. The van der Waals surface area contributed by atoms with Crippen LogP contribution < -0.4 is 10.8 Å². The van der Waals surface area contributed by atoms with Gasteiger partial charge in [-0.1, -0.05) is 36.4 Å². The van der Waals surface area contributed by atoms with E-state index in [1.807, 2.05) is 36.5 Å². The number of hydroxylamine groups is 3. The molecule has 5 heterocycles. The Kier molecular flexibility index (Phi) is 5.65. The molecule has 4 aromatic rings. The van der Waals surface area contributed by atoms with Gasteiger partial charge in [0.1, 0.15) is 11.9 Å². The fourth-order valence-electron chi connectivity index (χ4n) is 4.30. The zero-order chi connectivity index (χ0) is 23.9. The lowest BCUT2D eigenvalue weighted by atomic mass is 10.1. The van der Waals surface area contributed by atoms with E-state index < -0.39 is 0 Å². The highest BCUT2D eigenvalue weighted by molar-refractivity contribution is 7.31. The molecule has 0 spiro atoms. The summed E-state index contributed by atoms with van der Waals surface area (Å²) in [6.07, 6.45) is 7.83. The Labute approximate surface area is 210 Å². The van der Waals surface area contributed by atoms with Crippen LogP contribution in [-0.2, 0) is 9.73 Å². The van der Waals surface area contributed by atoms with E-state index in [0.717, 1.165) is 27.7 Å². The average molecular weight is 505 g/mol. The number of fused-ring (bicyclic) bond motifs is 1. The van der Waals surface area contributed by atoms with E-state index in [0.29, 0.717) is 13.1 Å². The largest absolute Gasteiger partial charge is 0.339 e. The van der Waals surface area contributed by atoms with Crippen LogP contribution >= 0.6 is 22.7 Å². The number of aromatic amines is 1. The molecule has 1 amide bonds. The number of hydrogen-bond acceptors (Lipinski definition) is 8. The second kappa shape index (κ2) is 8.97. The van der Waals surface area contributed by atoms with Gasteiger partial charge in [0.15, 0.2) is 0 Å². The Morgan fingerprint density at radius 1 is 1.17 bits per heavy atom. The molecule has 0 saturated carbocycles. The van der Waals surface area contributed by atoms with Crippen LogP contribution in [0, 0.1) is 0 Å². The highest BCUT2D eigenvalue weighted by Gasteiger charge is 2.28. The van der Waals surface area contributed by atoms with Gasteiger partial charge in [-0.15, -0.1) is 22.7 Å². The molecule has 3 aromatic heterocycles. The first-order valence-electron chi connectivity index (χ1n) is 11.3. The van der Waals surface area contributed by atoms with Crippen molar-refractivity contribution in [3.8, 4) is 21.0 Å². The van der Waals surface area contributed by atoms with Crippen LogP contribution in [-0.4, -0.2) is 53.0 Å². The second-order valence-electron chi connectivity index (χ2n) is 8.44. The van der Waals surface area contributed by atoms with Crippen LogP contribution in [0.5, 0.6) is 0 Å². The number of carbonyl (C=O) groups excluding carboxylic acids is 1. The summed E-state index contributed by atoms with van der Waals surface area (Å²) in [7, 11) is 3.63. The number of aromatic nitrogens is 2. The third-order valence-electron chi connectivity index (χ3n) is 6.04. The van der Waals surface area contributed by atoms with E-state index in [1.54, 1.807) is 34.8 Å². The number of likely N-dealkylation sites (N-methyl/N-ethyl adjacent to an activating group) is 1. The van der Waals surface area contributed by atoms with Gasteiger partial charge in [-0.3, -0.25) is 4.79 Å².